The summed E-state index contributed by atoms with van der Waals surface area (Å²) in [6.07, 6.45) is 2.27. The van der Waals surface area contributed by atoms with Crippen molar-refractivity contribution in [1.82, 2.24) is 4.98 Å². The summed E-state index contributed by atoms with van der Waals surface area (Å²) >= 11 is 0. The zero-order chi connectivity index (χ0) is 14.1. The van der Waals surface area contributed by atoms with Crippen LogP contribution in [0.5, 0.6) is 11.6 Å². The van der Waals surface area contributed by atoms with Crippen molar-refractivity contribution in [3.8, 4) is 11.6 Å². The van der Waals surface area contributed by atoms with Gasteiger partial charge >= 0.3 is 0 Å². The molecule has 1 N–H and O–H groups in total. The Morgan fingerprint density at radius 3 is 2.90 bits per heavy atom. The Balaban J connectivity index is 1.71. The normalized spacial score (nSPS) is 13.5. The SMILES string of the molecule is c1cc2c(c(Oc3ccc4ccccc4n3)c1)NCCC2. The third-order valence-electron chi connectivity index (χ3n) is 3.82. The lowest BCUT2D eigenvalue weighted by atomic mass is 10.0. The maximum atomic E-state index is 6.01. The molecule has 0 fully saturated rings. The maximum Gasteiger partial charge on any atom is 0.219 e. The van der Waals surface area contributed by atoms with Crippen molar-refractivity contribution in [3.63, 3.8) is 0 Å². The Labute approximate surface area is 123 Å². The second-order valence-electron chi connectivity index (χ2n) is 5.26. The minimum absolute atomic E-state index is 0.634. The monoisotopic (exact) mass is 276 g/mol. The summed E-state index contributed by atoms with van der Waals surface area (Å²) in [5, 5.41) is 4.56. The Bertz CT molecular complexity index is 798. The van der Waals surface area contributed by atoms with E-state index in [0.717, 1.165) is 35.3 Å². The molecule has 1 aliphatic rings. The second kappa shape index (κ2) is 5.09. The molecule has 4 rings (SSSR count). The molecule has 0 saturated carbocycles. The van der Waals surface area contributed by atoms with Crippen LogP contribution in [0, 0.1) is 0 Å². The van der Waals surface area contributed by atoms with Gasteiger partial charge in [0, 0.05) is 18.0 Å². The van der Waals surface area contributed by atoms with Gasteiger partial charge in [0.25, 0.3) is 0 Å². The average molecular weight is 276 g/mol. The summed E-state index contributed by atoms with van der Waals surface area (Å²) in [5.74, 6) is 1.49. The summed E-state index contributed by atoms with van der Waals surface area (Å²) in [6.45, 7) is 0.999. The van der Waals surface area contributed by atoms with Crippen LogP contribution in [0.25, 0.3) is 10.9 Å². The quantitative estimate of drug-likeness (QED) is 0.754. The Morgan fingerprint density at radius 2 is 1.90 bits per heavy atom. The van der Waals surface area contributed by atoms with E-state index < -0.39 is 0 Å². The predicted molar refractivity (Wildman–Crippen MR) is 85.1 cm³/mol. The van der Waals surface area contributed by atoms with Gasteiger partial charge in [-0.3, -0.25) is 0 Å². The van der Waals surface area contributed by atoms with Gasteiger partial charge in [0.15, 0.2) is 5.75 Å². The third-order valence-corrected chi connectivity index (χ3v) is 3.82. The van der Waals surface area contributed by atoms with Crippen molar-refractivity contribution in [3.05, 3.63) is 60.2 Å². The summed E-state index contributed by atoms with van der Waals surface area (Å²) < 4.78 is 6.01. The molecule has 104 valence electrons. The van der Waals surface area contributed by atoms with Crippen molar-refractivity contribution >= 4 is 16.6 Å². The summed E-state index contributed by atoms with van der Waals surface area (Å²) in [7, 11) is 0. The van der Waals surface area contributed by atoms with Crippen LogP contribution in [-0.4, -0.2) is 11.5 Å². The van der Waals surface area contributed by atoms with Gasteiger partial charge in [-0.05, 0) is 36.6 Å². The molecular weight excluding hydrogens is 260 g/mol. The van der Waals surface area contributed by atoms with Gasteiger partial charge in [-0.1, -0.05) is 30.3 Å². The first-order chi connectivity index (χ1) is 10.4. The first-order valence-corrected chi connectivity index (χ1v) is 7.29. The third kappa shape index (κ3) is 2.31. The highest BCUT2D eigenvalue weighted by atomic mass is 16.5. The summed E-state index contributed by atoms with van der Waals surface area (Å²) in [5.41, 5.74) is 3.38. The van der Waals surface area contributed by atoms with Crippen LogP contribution < -0.4 is 10.1 Å². The van der Waals surface area contributed by atoms with Gasteiger partial charge in [-0.25, -0.2) is 4.98 Å². The number of fused-ring (bicyclic) bond motifs is 2. The number of hydrogen-bond acceptors (Lipinski definition) is 3. The number of pyridine rings is 1. The van der Waals surface area contributed by atoms with E-state index in [0.29, 0.717) is 5.88 Å². The van der Waals surface area contributed by atoms with E-state index in [4.69, 9.17) is 4.74 Å². The minimum Gasteiger partial charge on any atom is -0.437 e. The van der Waals surface area contributed by atoms with Gasteiger partial charge in [-0.2, -0.15) is 0 Å². The minimum atomic E-state index is 0.634. The molecule has 1 aliphatic heterocycles. The van der Waals surface area contributed by atoms with Gasteiger partial charge < -0.3 is 10.1 Å². The second-order valence-corrected chi connectivity index (χ2v) is 5.26. The van der Waals surface area contributed by atoms with E-state index in [9.17, 15) is 0 Å². The molecule has 3 aromatic rings. The molecule has 0 spiro atoms. The van der Waals surface area contributed by atoms with Crippen LogP contribution in [0.3, 0.4) is 0 Å². The number of aromatic nitrogens is 1. The van der Waals surface area contributed by atoms with Crippen LogP contribution in [0.15, 0.2) is 54.6 Å². The number of nitrogens with one attached hydrogen (secondary N) is 1. The highest BCUT2D eigenvalue weighted by Crippen LogP contribution is 2.34. The fourth-order valence-corrected chi connectivity index (χ4v) is 2.78. The van der Waals surface area contributed by atoms with Crippen LogP contribution in [-0.2, 0) is 6.42 Å². The first-order valence-electron chi connectivity index (χ1n) is 7.29. The van der Waals surface area contributed by atoms with E-state index in [1.54, 1.807) is 0 Å². The van der Waals surface area contributed by atoms with E-state index in [1.165, 1.54) is 12.0 Å². The Hall–Kier alpha value is -2.55. The molecule has 21 heavy (non-hydrogen) atoms. The van der Waals surface area contributed by atoms with Crippen molar-refractivity contribution in [2.45, 2.75) is 12.8 Å². The Kier molecular flexibility index (Phi) is 2.96. The number of ether oxygens (including phenoxy) is 1. The molecule has 2 aromatic carbocycles. The topological polar surface area (TPSA) is 34.1 Å². The molecule has 0 aliphatic carbocycles. The molecular formula is C18H16N2O. The number of anilines is 1. The zero-order valence-electron chi connectivity index (χ0n) is 11.7. The van der Waals surface area contributed by atoms with Crippen LogP contribution >= 0.6 is 0 Å². The number of nitrogens with zero attached hydrogens (tertiary/aromatic N) is 1. The molecule has 0 unspecified atom stereocenters. The molecule has 3 heteroatoms. The number of aryl methyl sites for hydroxylation is 1. The molecule has 0 bridgehead atoms. The van der Waals surface area contributed by atoms with Crippen LogP contribution in [0.2, 0.25) is 0 Å². The average Bonchev–Trinajstić information content (AvgIpc) is 2.55. The fraction of sp³-hybridized carbons (Fsp3) is 0.167. The summed E-state index contributed by atoms with van der Waals surface area (Å²) in [4.78, 5) is 4.57. The zero-order valence-corrected chi connectivity index (χ0v) is 11.7. The molecule has 0 radical (unpaired) electrons. The van der Waals surface area contributed by atoms with E-state index in [2.05, 4.69) is 22.4 Å². The number of benzene rings is 2. The molecule has 0 atom stereocenters. The highest BCUT2D eigenvalue weighted by molar-refractivity contribution is 5.79. The van der Waals surface area contributed by atoms with E-state index in [1.807, 2.05) is 42.5 Å². The lowest BCUT2D eigenvalue weighted by molar-refractivity contribution is 0.465. The van der Waals surface area contributed by atoms with Crippen molar-refractivity contribution in [2.75, 3.05) is 11.9 Å². The predicted octanol–water partition coefficient (Wildman–Crippen LogP) is 4.39. The highest BCUT2D eigenvalue weighted by Gasteiger charge is 2.14. The van der Waals surface area contributed by atoms with Crippen molar-refractivity contribution in [1.29, 1.82) is 0 Å². The fourth-order valence-electron chi connectivity index (χ4n) is 2.78. The molecule has 0 saturated heterocycles. The van der Waals surface area contributed by atoms with Crippen molar-refractivity contribution < 1.29 is 4.74 Å². The smallest absolute Gasteiger partial charge is 0.219 e. The summed E-state index contributed by atoms with van der Waals surface area (Å²) in [6, 6.07) is 18.2. The first kappa shape index (κ1) is 12.2. The largest absolute Gasteiger partial charge is 0.437 e. The molecule has 1 aromatic heterocycles. The van der Waals surface area contributed by atoms with Gasteiger partial charge in [0.05, 0.1) is 11.2 Å². The van der Waals surface area contributed by atoms with Crippen molar-refractivity contribution in [2.24, 2.45) is 0 Å². The van der Waals surface area contributed by atoms with E-state index in [-0.39, 0.29) is 0 Å². The number of rotatable bonds is 2. The lowest BCUT2D eigenvalue weighted by Crippen LogP contribution is -2.12. The molecule has 0 amide bonds. The van der Waals surface area contributed by atoms with Gasteiger partial charge in [0.1, 0.15) is 0 Å². The maximum absolute atomic E-state index is 6.01. The lowest BCUT2D eigenvalue weighted by Gasteiger charge is -2.20. The van der Waals surface area contributed by atoms with E-state index >= 15 is 0 Å². The number of para-hydroxylation sites is 2. The number of hydrogen-bond donors (Lipinski definition) is 1. The van der Waals surface area contributed by atoms with Gasteiger partial charge in [-0.15, -0.1) is 0 Å². The van der Waals surface area contributed by atoms with Crippen LogP contribution in [0.4, 0.5) is 5.69 Å². The van der Waals surface area contributed by atoms with Gasteiger partial charge in [0.2, 0.25) is 5.88 Å². The molecule has 3 nitrogen and oxygen atoms in total. The molecule has 2 heterocycles. The standard InChI is InChI=1S/C18H16N2O/c1-2-8-15-13(5-1)10-11-17(20-15)21-16-9-3-6-14-7-4-12-19-18(14)16/h1-3,5-6,8-11,19H,4,7,12H2. The Morgan fingerprint density at radius 1 is 0.952 bits per heavy atom. The van der Waals surface area contributed by atoms with Crippen LogP contribution in [0.1, 0.15) is 12.0 Å².